The van der Waals surface area contributed by atoms with E-state index >= 15 is 0 Å². The Morgan fingerprint density at radius 2 is 1.94 bits per heavy atom. The minimum atomic E-state index is -0.803. The number of ether oxygens (including phenoxy) is 1. The number of carbonyl (C=O) groups is 1. The van der Waals surface area contributed by atoms with Gasteiger partial charge in [0.1, 0.15) is 11.3 Å². The van der Waals surface area contributed by atoms with E-state index < -0.39 is 17.6 Å². The quantitative estimate of drug-likeness (QED) is 0.557. The van der Waals surface area contributed by atoms with Crippen LogP contribution in [0, 0.1) is 11.6 Å². The number of hydrogen-bond donors (Lipinski definition) is 0. The predicted octanol–water partition coefficient (Wildman–Crippen LogP) is 3.82. The van der Waals surface area contributed by atoms with Crippen LogP contribution in [0.1, 0.15) is 10.4 Å². The Kier molecular flexibility index (Phi) is 3.63. The van der Waals surface area contributed by atoms with E-state index in [0.29, 0.717) is 0 Å². The fourth-order valence-electron chi connectivity index (χ4n) is 1.48. The standard InChI is InChI=1S/C11H5Br2F2NO2/c1-18-11(17)4-3-16-10-6(15)2-5(14)9(13)7(10)8(4)12/h2-3H,1H3. The number of methoxy groups -OCH3 is 1. The molecule has 7 heteroatoms. The molecule has 0 atom stereocenters. The third kappa shape index (κ3) is 2.01. The molecule has 0 saturated carbocycles. The Labute approximate surface area is 117 Å². The van der Waals surface area contributed by atoms with E-state index in [0.717, 1.165) is 6.07 Å². The summed E-state index contributed by atoms with van der Waals surface area (Å²) in [5.74, 6) is -2.22. The fourth-order valence-corrected chi connectivity index (χ4v) is 2.90. The summed E-state index contributed by atoms with van der Waals surface area (Å²) in [6.45, 7) is 0. The summed E-state index contributed by atoms with van der Waals surface area (Å²) >= 11 is 6.15. The summed E-state index contributed by atoms with van der Waals surface area (Å²) in [6.07, 6.45) is 1.17. The molecule has 2 aromatic rings. The molecular weight excluding hydrogens is 376 g/mol. The molecule has 18 heavy (non-hydrogen) atoms. The zero-order chi connectivity index (χ0) is 13.4. The van der Waals surface area contributed by atoms with Gasteiger partial charge in [-0.3, -0.25) is 4.98 Å². The van der Waals surface area contributed by atoms with Crippen LogP contribution in [0.2, 0.25) is 0 Å². The van der Waals surface area contributed by atoms with E-state index in [1.54, 1.807) is 0 Å². The number of rotatable bonds is 1. The van der Waals surface area contributed by atoms with Crippen molar-refractivity contribution >= 4 is 48.7 Å². The number of esters is 1. The third-order valence-electron chi connectivity index (χ3n) is 2.33. The smallest absolute Gasteiger partial charge is 0.340 e. The van der Waals surface area contributed by atoms with Gasteiger partial charge in [0.2, 0.25) is 0 Å². The van der Waals surface area contributed by atoms with Crippen LogP contribution < -0.4 is 0 Å². The van der Waals surface area contributed by atoms with Crippen LogP contribution in [-0.2, 0) is 4.74 Å². The topological polar surface area (TPSA) is 39.2 Å². The number of halogens is 4. The zero-order valence-corrected chi connectivity index (χ0v) is 12.1. The first kappa shape index (κ1) is 13.4. The van der Waals surface area contributed by atoms with Crippen molar-refractivity contribution in [1.82, 2.24) is 4.98 Å². The average Bonchev–Trinajstić information content (AvgIpc) is 2.35. The van der Waals surface area contributed by atoms with Crippen LogP contribution in [-0.4, -0.2) is 18.1 Å². The Bertz CT molecular complexity index is 661. The average molecular weight is 381 g/mol. The van der Waals surface area contributed by atoms with Crippen LogP contribution >= 0.6 is 31.9 Å². The molecule has 0 saturated heterocycles. The molecule has 0 N–H and O–H groups in total. The van der Waals surface area contributed by atoms with Crippen molar-refractivity contribution in [3.05, 3.63) is 38.4 Å². The number of aromatic nitrogens is 1. The van der Waals surface area contributed by atoms with Gasteiger partial charge in [-0.05, 0) is 31.9 Å². The first-order chi connectivity index (χ1) is 8.47. The highest BCUT2D eigenvalue weighted by Gasteiger charge is 2.20. The lowest BCUT2D eigenvalue weighted by atomic mass is 10.1. The van der Waals surface area contributed by atoms with Crippen molar-refractivity contribution < 1.29 is 18.3 Å². The molecule has 0 unspecified atom stereocenters. The highest BCUT2D eigenvalue weighted by atomic mass is 79.9. The van der Waals surface area contributed by atoms with Gasteiger partial charge >= 0.3 is 5.97 Å². The predicted molar refractivity (Wildman–Crippen MR) is 68.4 cm³/mol. The first-order valence-electron chi connectivity index (χ1n) is 4.67. The van der Waals surface area contributed by atoms with Gasteiger partial charge in [0.05, 0.1) is 17.1 Å². The van der Waals surface area contributed by atoms with E-state index in [1.165, 1.54) is 13.3 Å². The molecule has 0 aliphatic carbocycles. The van der Waals surface area contributed by atoms with Crippen molar-refractivity contribution in [2.75, 3.05) is 7.11 Å². The number of benzene rings is 1. The lowest BCUT2D eigenvalue weighted by Crippen LogP contribution is -2.04. The van der Waals surface area contributed by atoms with Gasteiger partial charge in [-0.1, -0.05) is 0 Å². The molecule has 1 aromatic heterocycles. The van der Waals surface area contributed by atoms with Crippen molar-refractivity contribution in [3.8, 4) is 0 Å². The molecule has 0 bridgehead atoms. The van der Waals surface area contributed by atoms with E-state index in [4.69, 9.17) is 0 Å². The molecule has 0 aliphatic rings. The normalized spacial score (nSPS) is 10.7. The SMILES string of the molecule is COC(=O)c1cnc2c(F)cc(F)c(Br)c2c1Br. The molecule has 0 fully saturated rings. The van der Waals surface area contributed by atoms with E-state index in [-0.39, 0.29) is 25.4 Å². The summed E-state index contributed by atoms with van der Waals surface area (Å²) in [5, 5.41) is 0.149. The van der Waals surface area contributed by atoms with Gasteiger partial charge in [-0.2, -0.15) is 0 Å². The number of pyridine rings is 1. The molecule has 0 radical (unpaired) electrons. The first-order valence-corrected chi connectivity index (χ1v) is 6.26. The maximum atomic E-state index is 13.6. The molecule has 3 nitrogen and oxygen atoms in total. The minimum absolute atomic E-state index is 0.0315. The van der Waals surface area contributed by atoms with Gasteiger partial charge in [-0.25, -0.2) is 13.6 Å². The lowest BCUT2D eigenvalue weighted by molar-refractivity contribution is 0.0599. The van der Waals surface area contributed by atoms with Gasteiger partial charge in [0.15, 0.2) is 5.82 Å². The maximum absolute atomic E-state index is 13.6. The number of fused-ring (bicyclic) bond motifs is 1. The molecule has 94 valence electrons. The minimum Gasteiger partial charge on any atom is -0.465 e. The Hall–Kier alpha value is -1.08. The van der Waals surface area contributed by atoms with Gasteiger partial charge in [0.25, 0.3) is 0 Å². The van der Waals surface area contributed by atoms with Crippen LogP contribution in [0.3, 0.4) is 0 Å². The summed E-state index contributed by atoms with van der Waals surface area (Å²) < 4.78 is 31.8. The second kappa shape index (κ2) is 4.89. The Balaban J connectivity index is 2.89. The summed E-state index contributed by atoms with van der Waals surface area (Å²) in [6, 6.07) is 0.726. The number of hydrogen-bond acceptors (Lipinski definition) is 3. The molecule has 1 aromatic carbocycles. The van der Waals surface area contributed by atoms with Gasteiger partial charge < -0.3 is 4.74 Å². The van der Waals surface area contributed by atoms with Gasteiger partial charge in [0, 0.05) is 22.1 Å². The Morgan fingerprint density at radius 1 is 1.28 bits per heavy atom. The fraction of sp³-hybridized carbons (Fsp3) is 0.0909. The molecular formula is C11H5Br2F2NO2. The maximum Gasteiger partial charge on any atom is 0.340 e. The van der Waals surface area contributed by atoms with Crippen molar-refractivity contribution in [3.63, 3.8) is 0 Å². The van der Waals surface area contributed by atoms with Crippen LogP contribution in [0.4, 0.5) is 8.78 Å². The van der Waals surface area contributed by atoms with Crippen LogP contribution in [0.15, 0.2) is 21.2 Å². The highest BCUT2D eigenvalue weighted by Crippen LogP contribution is 2.35. The highest BCUT2D eigenvalue weighted by molar-refractivity contribution is 9.11. The van der Waals surface area contributed by atoms with Crippen molar-refractivity contribution in [2.45, 2.75) is 0 Å². The largest absolute Gasteiger partial charge is 0.465 e. The Morgan fingerprint density at radius 3 is 2.56 bits per heavy atom. The molecule has 0 aliphatic heterocycles. The molecule has 0 amide bonds. The number of carbonyl (C=O) groups excluding carboxylic acids is 1. The second-order valence-electron chi connectivity index (χ2n) is 3.36. The molecule has 0 spiro atoms. The monoisotopic (exact) mass is 379 g/mol. The second-order valence-corrected chi connectivity index (χ2v) is 4.94. The van der Waals surface area contributed by atoms with Crippen molar-refractivity contribution in [2.24, 2.45) is 0 Å². The molecule has 2 rings (SSSR count). The van der Waals surface area contributed by atoms with Crippen molar-refractivity contribution in [1.29, 1.82) is 0 Å². The van der Waals surface area contributed by atoms with E-state index in [2.05, 4.69) is 41.6 Å². The summed E-state index contributed by atoms with van der Waals surface area (Å²) in [5.41, 5.74) is 0.0542. The van der Waals surface area contributed by atoms with E-state index in [9.17, 15) is 13.6 Å². The third-order valence-corrected chi connectivity index (χ3v) is 3.93. The van der Waals surface area contributed by atoms with Crippen LogP contribution in [0.25, 0.3) is 10.9 Å². The van der Waals surface area contributed by atoms with Gasteiger partial charge in [-0.15, -0.1) is 0 Å². The lowest BCUT2D eigenvalue weighted by Gasteiger charge is -2.08. The molecule has 1 heterocycles. The number of nitrogens with zero attached hydrogens (tertiary/aromatic N) is 1. The van der Waals surface area contributed by atoms with E-state index in [1.807, 2.05) is 0 Å². The van der Waals surface area contributed by atoms with Crippen LogP contribution in [0.5, 0.6) is 0 Å². The zero-order valence-electron chi connectivity index (χ0n) is 8.93. The summed E-state index contributed by atoms with van der Waals surface area (Å²) in [7, 11) is 1.21. The summed E-state index contributed by atoms with van der Waals surface area (Å²) in [4.78, 5) is 15.3.